The van der Waals surface area contributed by atoms with Crippen LogP contribution in [0.3, 0.4) is 0 Å². The van der Waals surface area contributed by atoms with Crippen LogP contribution in [-0.2, 0) is 4.74 Å². The molecule has 0 aliphatic carbocycles. The molecule has 0 saturated heterocycles. The number of rotatable bonds is 5. The minimum absolute atomic E-state index is 0.0777. The molecule has 106 valence electrons. The van der Waals surface area contributed by atoms with Gasteiger partial charge in [0, 0.05) is 11.4 Å². The fraction of sp³-hybridized carbons (Fsp3) is 0.267. The zero-order chi connectivity index (χ0) is 14.4. The summed E-state index contributed by atoms with van der Waals surface area (Å²) in [6.07, 6.45) is 1.21. The maximum atomic E-state index is 11.3. The van der Waals surface area contributed by atoms with Crippen LogP contribution in [0.5, 0.6) is 0 Å². The van der Waals surface area contributed by atoms with Gasteiger partial charge in [0.1, 0.15) is 5.76 Å². The molecule has 2 N–H and O–H groups in total. The largest absolute Gasteiger partial charge is 0.467 e. The van der Waals surface area contributed by atoms with E-state index in [1.165, 1.54) is 0 Å². The summed E-state index contributed by atoms with van der Waals surface area (Å²) >= 11 is 0. The predicted molar refractivity (Wildman–Crippen MR) is 77.8 cm³/mol. The Morgan fingerprint density at radius 2 is 1.95 bits per heavy atom. The van der Waals surface area contributed by atoms with E-state index in [0.29, 0.717) is 12.3 Å². The summed E-state index contributed by atoms with van der Waals surface area (Å²) in [6.45, 7) is 4.14. The molecule has 0 fully saturated rings. The summed E-state index contributed by atoms with van der Waals surface area (Å²) < 4.78 is 10.1. The van der Waals surface area contributed by atoms with Crippen LogP contribution in [0.4, 0.5) is 16.2 Å². The Morgan fingerprint density at radius 3 is 2.55 bits per heavy atom. The van der Waals surface area contributed by atoms with Crippen molar-refractivity contribution in [3.05, 3.63) is 48.4 Å². The summed E-state index contributed by atoms with van der Waals surface area (Å²) in [5.74, 6) is 0.874. The molecule has 1 aromatic carbocycles. The van der Waals surface area contributed by atoms with Crippen LogP contribution in [0.1, 0.15) is 25.6 Å². The third kappa shape index (κ3) is 3.78. The maximum Gasteiger partial charge on any atom is 0.411 e. The standard InChI is InChI=1S/C15H18N2O3/c1-3-19-15(18)17-13-8-6-12(7-9-13)16-11(2)14-5-4-10-20-14/h4-11,16H,3H2,1-2H3,(H,17,18). The summed E-state index contributed by atoms with van der Waals surface area (Å²) in [6, 6.07) is 11.3. The summed E-state index contributed by atoms with van der Waals surface area (Å²) in [7, 11) is 0. The van der Waals surface area contributed by atoms with E-state index in [1.807, 2.05) is 43.3 Å². The maximum absolute atomic E-state index is 11.3. The van der Waals surface area contributed by atoms with E-state index in [0.717, 1.165) is 11.4 Å². The zero-order valence-corrected chi connectivity index (χ0v) is 11.6. The van der Waals surface area contributed by atoms with Crippen LogP contribution in [0, 0.1) is 0 Å². The van der Waals surface area contributed by atoms with Gasteiger partial charge in [-0.2, -0.15) is 0 Å². The molecule has 0 bridgehead atoms. The molecule has 1 atom stereocenters. The number of carbonyl (C=O) groups is 1. The van der Waals surface area contributed by atoms with Gasteiger partial charge in [0.25, 0.3) is 0 Å². The molecule has 2 rings (SSSR count). The van der Waals surface area contributed by atoms with Gasteiger partial charge in [0.2, 0.25) is 0 Å². The lowest BCUT2D eigenvalue weighted by Crippen LogP contribution is -2.13. The average molecular weight is 274 g/mol. The highest BCUT2D eigenvalue weighted by atomic mass is 16.5. The quantitative estimate of drug-likeness (QED) is 0.864. The average Bonchev–Trinajstić information content (AvgIpc) is 2.95. The number of benzene rings is 1. The molecule has 0 aliphatic rings. The number of ether oxygens (including phenoxy) is 1. The van der Waals surface area contributed by atoms with Crippen LogP contribution in [-0.4, -0.2) is 12.7 Å². The van der Waals surface area contributed by atoms with Gasteiger partial charge >= 0.3 is 6.09 Å². The molecule has 1 aromatic heterocycles. The van der Waals surface area contributed by atoms with E-state index >= 15 is 0 Å². The van der Waals surface area contributed by atoms with E-state index in [2.05, 4.69) is 10.6 Å². The second-order valence-electron chi connectivity index (χ2n) is 4.30. The number of hydrogen-bond donors (Lipinski definition) is 2. The van der Waals surface area contributed by atoms with Crippen LogP contribution < -0.4 is 10.6 Å². The van der Waals surface area contributed by atoms with Crippen molar-refractivity contribution in [2.45, 2.75) is 19.9 Å². The van der Waals surface area contributed by atoms with E-state index in [-0.39, 0.29) is 6.04 Å². The molecule has 0 saturated carbocycles. The number of amides is 1. The first kappa shape index (κ1) is 14.0. The Morgan fingerprint density at radius 1 is 1.25 bits per heavy atom. The number of anilines is 2. The van der Waals surface area contributed by atoms with Crippen LogP contribution >= 0.6 is 0 Å². The van der Waals surface area contributed by atoms with Gasteiger partial charge in [-0.05, 0) is 50.2 Å². The number of nitrogens with one attached hydrogen (secondary N) is 2. The monoisotopic (exact) mass is 274 g/mol. The third-order valence-corrected chi connectivity index (χ3v) is 2.76. The predicted octanol–water partition coefficient (Wildman–Crippen LogP) is 4.02. The first-order valence-electron chi connectivity index (χ1n) is 6.53. The lowest BCUT2D eigenvalue weighted by molar-refractivity contribution is 0.168. The first-order chi connectivity index (χ1) is 9.69. The molecule has 20 heavy (non-hydrogen) atoms. The van der Waals surface area contributed by atoms with Crippen LogP contribution in [0.25, 0.3) is 0 Å². The molecule has 5 nitrogen and oxygen atoms in total. The van der Waals surface area contributed by atoms with Crippen molar-refractivity contribution in [1.29, 1.82) is 0 Å². The van der Waals surface area contributed by atoms with Gasteiger partial charge in [-0.15, -0.1) is 0 Å². The minimum Gasteiger partial charge on any atom is -0.467 e. The Hall–Kier alpha value is -2.43. The molecule has 0 aliphatic heterocycles. The fourth-order valence-electron chi connectivity index (χ4n) is 1.79. The van der Waals surface area contributed by atoms with Gasteiger partial charge in [-0.1, -0.05) is 0 Å². The molecule has 2 aromatic rings. The Labute approximate surface area is 117 Å². The smallest absolute Gasteiger partial charge is 0.411 e. The van der Waals surface area contributed by atoms with Gasteiger partial charge in [-0.3, -0.25) is 5.32 Å². The fourth-order valence-corrected chi connectivity index (χ4v) is 1.79. The highest BCUT2D eigenvalue weighted by Crippen LogP contribution is 2.21. The van der Waals surface area contributed by atoms with Crippen molar-refractivity contribution in [1.82, 2.24) is 0 Å². The molecule has 0 radical (unpaired) electrons. The van der Waals surface area contributed by atoms with E-state index in [4.69, 9.17) is 9.15 Å². The number of hydrogen-bond acceptors (Lipinski definition) is 4. The van der Waals surface area contributed by atoms with E-state index < -0.39 is 6.09 Å². The molecular formula is C15H18N2O3. The van der Waals surface area contributed by atoms with Gasteiger partial charge in [0.15, 0.2) is 0 Å². The third-order valence-electron chi connectivity index (χ3n) is 2.76. The van der Waals surface area contributed by atoms with Crippen molar-refractivity contribution >= 4 is 17.5 Å². The molecular weight excluding hydrogens is 256 g/mol. The summed E-state index contributed by atoms with van der Waals surface area (Å²) in [4.78, 5) is 11.3. The summed E-state index contributed by atoms with van der Waals surface area (Å²) in [5.41, 5.74) is 1.64. The van der Waals surface area contributed by atoms with Crippen molar-refractivity contribution in [3.63, 3.8) is 0 Å². The van der Waals surface area contributed by atoms with Crippen molar-refractivity contribution < 1.29 is 13.9 Å². The number of carbonyl (C=O) groups excluding carboxylic acids is 1. The highest BCUT2D eigenvalue weighted by molar-refractivity contribution is 5.84. The molecule has 0 spiro atoms. The second-order valence-corrected chi connectivity index (χ2v) is 4.30. The van der Waals surface area contributed by atoms with E-state index in [1.54, 1.807) is 13.2 Å². The zero-order valence-electron chi connectivity index (χ0n) is 11.6. The summed E-state index contributed by atoms with van der Waals surface area (Å²) in [5, 5.41) is 5.96. The van der Waals surface area contributed by atoms with Gasteiger partial charge < -0.3 is 14.5 Å². The molecule has 5 heteroatoms. The molecule has 1 unspecified atom stereocenters. The Balaban J connectivity index is 1.93. The topological polar surface area (TPSA) is 63.5 Å². The van der Waals surface area contributed by atoms with Crippen molar-refractivity contribution in [3.8, 4) is 0 Å². The van der Waals surface area contributed by atoms with Crippen molar-refractivity contribution in [2.24, 2.45) is 0 Å². The normalized spacial score (nSPS) is 11.7. The van der Waals surface area contributed by atoms with Gasteiger partial charge in [0.05, 0.1) is 18.9 Å². The van der Waals surface area contributed by atoms with E-state index in [9.17, 15) is 4.79 Å². The lowest BCUT2D eigenvalue weighted by atomic mass is 10.2. The number of furan rings is 1. The Bertz CT molecular complexity index is 535. The van der Waals surface area contributed by atoms with Crippen LogP contribution in [0.15, 0.2) is 47.1 Å². The minimum atomic E-state index is -0.447. The van der Waals surface area contributed by atoms with Crippen LogP contribution in [0.2, 0.25) is 0 Å². The van der Waals surface area contributed by atoms with Gasteiger partial charge in [-0.25, -0.2) is 4.79 Å². The van der Waals surface area contributed by atoms with Crippen molar-refractivity contribution in [2.75, 3.05) is 17.2 Å². The highest BCUT2D eigenvalue weighted by Gasteiger charge is 2.08. The SMILES string of the molecule is CCOC(=O)Nc1ccc(NC(C)c2ccco2)cc1. The second kappa shape index (κ2) is 6.65. The Kier molecular flexibility index (Phi) is 4.65. The first-order valence-corrected chi connectivity index (χ1v) is 6.53. The lowest BCUT2D eigenvalue weighted by Gasteiger charge is -2.13. The molecule has 1 amide bonds. The molecule has 1 heterocycles.